The summed E-state index contributed by atoms with van der Waals surface area (Å²) in [4.78, 5) is 5.50. The molecule has 1 aromatic heterocycles. The third-order valence-corrected chi connectivity index (χ3v) is 18.4. The Morgan fingerprint density at radius 1 is 0.449 bits per heavy atom. The normalized spacial score (nSPS) is 17.8. The van der Waals surface area contributed by atoms with Gasteiger partial charge < -0.3 is 9.71 Å². The first-order valence-electron chi connectivity index (χ1n) is 25.4. The van der Waals surface area contributed by atoms with Gasteiger partial charge in [0.25, 0.3) is 0 Å². The minimum Gasteiger partial charge on any atom is -0.376 e. The first kappa shape index (κ1) is 42.7. The summed E-state index contributed by atoms with van der Waals surface area (Å²) in [6.45, 7) is 22.1. The molecule has 69 heavy (non-hydrogen) atoms. The highest BCUT2D eigenvalue weighted by Crippen LogP contribution is 2.57. The van der Waals surface area contributed by atoms with Crippen molar-refractivity contribution >= 4 is 77.7 Å². The van der Waals surface area contributed by atoms with Crippen molar-refractivity contribution in [2.75, 3.05) is 9.71 Å². The van der Waals surface area contributed by atoms with E-state index in [-0.39, 0.29) is 28.5 Å². The van der Waals surface area contributed by atoms with Crippen LogP contribution in [0.1, 0.15) is 109 Å². The van der Waals surface area contributed by atoms with Gasteiger partial charge in [0, 0.05) is 48.5 Å². The summed E-state index contributed by atoms with van der Waals surface area (Å²) in [5.74, 6) is 0. The highest BCUT2D eigenvalue weighted by Gasteiger charge is 2.49. The molecule has 2 aliphatic heterocycles. The number of aryl methyl sites for hydroxylation is 1. The van der Waals surface area contributed by atoms with Crippen molar-refractivity contribution in [2.45, 2.75) is 110 Å². The minimum atomic E-state index is -0.102. The van der Waals surface area contributed by atoms with Crippen molar-refractivity contribution in [3.05, 3.63) is 186 Å². The Labute approximate surface area is 413 Å². The van der Waals surface area contributed by atoms with E-state index in [1.807, 2.05) is 11.3 Å². The summed E-state index contributed by atoms with van der Waals surface area (Å²) in [6.07, 6.45) is 4.69. The molecule has 0 amide bonds. The first-order chi connectivity index (χ1) is 33.1. The van der Waals surface area contributed by atoms with Crippen molar-refractivity contribution in [3.8, 4) is 33.4 Å². The molecular weight excluding hydrogens is 852 g/mol. The summed E-state index contributed by atoms with van der Waals surface area (Å²) < 4.78 is 2.68. The van der Waals surface area contributed by atoms with Crippen LogP contribution in [-0.2, 0) is 21.7 Å². The van der Waals surface area contributed by atoms with Gasteiger partial charge in [-0.15, -0.1) is 11.3 Å². The van der Waals surface area contributed by atoms with E-state index in [0.717, 1.165) is 6.42 Å². The van der Waals surface area contributed by atoms with Crippen LogP contribution in [0.2, 0.25) is 0 Å². The van der Waals surface area contributed by atoms with Crippen molar-refractivity contribution in [3.63, 3.8) is 0 Å². The topological polar surface area (TPSA) is 6.48 Å². The van der Waals surface area contributed by atoms with Crippen molar-refractivity contribution in [1.82, 2.24) is 0 Å². The summed E-state index contributed by atoms with van der Waals surface area (Å²) in [5, 5.41) is 2.69. The standard InChI is InChI=1S/C65H61BN2S/c1-40-34-49-51(64(6,7)32-30-62(49,2)3)38-54(40)67-56-35-44(42-20-14-11-15-21-42)26-29-53(56)66-60-48(37-58-59(61(60)67)46-22-16-17-23-57(46)69-58)47-36-50-52(65(8,9)33-31-63(50,4)5)39-55(47)68(66)45-27-24-43(25-28-45)41-18-12-10-13-19-41/h10-29,34-39H,30-33H2,1-9H3. The van der Waals surface area contributed by atoms with Crippen molar-refractivity contribution < 1.29 is 0 Å². The molecule has 13 rings (SSSR count). The molecule has 0 unspecified atom stereocenters. The Kier molecular flexibility index (Phi) is 9.18. The van der Waals surface area contributed by atoms with E-state index in [4.69, 9.17) is 0 Å². The Balaban J connectivity index is 1.19. The second-order valence-electron chi connectivity index (χ2n) is 23.5. The van der Waals surface area contributed by atoms with Gasteiger partial charge >= 0.3 is 6.85 Å². The average molecular weight is 913 g/mol. The van der Waals surface area contributed by atoms with Gasteiger partial charge in [0.15, 0.2) is 0 Å². The maximum atomic E-state index is 2.75. The summed E-state index contributed by atoms with van der Waals surface area (Å²) >= 11 is 1.95. The zero-order valence-corrected chi connectivity index (χ0v) is 42.5. The van der Waals surface area contributed by atoms with Crippen molar-refractivity contribution in [2.24, 2.45) is 0 Å². The van der Waals surface area contributed by atoms with E-state index < -0.39 is 0 Å². The fraction of sp³-hybridized carbons (Fsp3) is 0.262. The van der Waals surface area contributed by atoms with E-state index in [9.17, 15) is 0 Å². The molecule has 9 aromatic rings. The number of benzene rings is 8. The molecule has 0 saturated carbocycles. The Morgan fingerprint density at radius 3 is 1.61 bits per heavy atom. The lowest BCUT2D eigenvalue weighted by Crippen LogP contribution is -2.61. The molecule has 2 nitrogen and oxygen atoms in total. The SMILES string of the molecule is Cc1cc2c(cc1N1c3cc(-c4ccccc4)ccc3B3c4c(cc5sc6ccccc6c5c41)-c1cc4c(cc1N3c1ccc(-c3ccccc3)cc1)C(C)(C)CCC4(C)C)C(C)(C)CCC2(C)C. The maximum absolute atomic E-state index is 2.75. The smallest absolute Gasteiger partial charge is 0.333 e. The number of hydrogen-bond donors (Lipinski definition) is 0. The van der Waals surface area contributed by atoms with Gasteiger partial charge in [0.05, 0.1) is 5.69 Å². The van der Waals surface area contributed by atoms with Gasteiger partial charge in [0.1, 0.15) is 0 Å². The van der Waals surface area contributed by atoms with E-state index in [0.29, 0.717) is 0 Å². The van der Waals surface area contributed by atoms with Crippen LogP contribution >= 0.6 is 11.3 Å². The van der Waals surface area contributed by atoms with Crippen molar-refractivity contribution in [1.29, 1.82) is 0 Å². The second kappa shape index (κ2) is 14.8. The molecule has 0 atom stereocenters. The van der Waals surface area contributed by atoms with Crippen LogP contribution in [-0.4, -0.2) is 6.85 Å². The molecule has 3 heterocycles. The van der Waals surface area contributed by atoms with Gasteiger partial charge in [-0.2, -0.15) is 0 Å². The zero-order chi connectivity index (χ0) is 47.4. The Hall–Kier alpha value is -6.36. The van der Waals surface area contributed by atoms with Gasteiger partial charge in [-0.1, -0.05) is 165 Å². The molecule has 0 N–H and O–H groups in total. The van der Waals surface area contributed by atoms with Crippen LogP contribution in [0, 0.1) is 6.92 Å². The third-order valence-electron chi connectivity index (χ3n) is 17.3. The van der Waals surface area contributed by atoms with E-state index in [1.54, 1.807) is 0 Å². The molecule has 0 saturated heterocycles. The van der Waals surface area contributed by atoms with Gasteiger partial charge in [-0.3, -0.25) is 0 Å². The quantitative estimate of drug-likeness (QED) is 0.162. The van der Waals surface area contributed by atoms with Crippen LogP contribution in [0.25, 0.3) is 53.6 Å². The molecule has 4 heteroatoms. The largest absolute Gasteiger partial charge is 0.376 e. The molecule has 8 aromatic carbocycles. The minimum absolute atomic E-state index is 0.0434. The number of hydrogen-bond acceptors (Lipinski definition) is 3. The lowest BCUT2D eigenvalue weighted by molar-refractivity contribution is 0.332. The van der Waals surface area contributed by atoms with E-state index in [2.05, 4.69) is 230 Å². The fourth-order valence-corrected chi connectivity index (χ4v) is 14.2. The third kappa shape index (κ3) is 6.36. The number of rotatable bonds is 4. The van der Waals surface area contributed by atoms with E-state index in [1.165, 1.54) is 140 Å². The molecule has 0 bridgehead atoms. The number of fused-ring (bicyclic) bond motifs is 10. The zero-order valence-electron chi connectivity index (χ0n) is 41.7. The highest BCUT2D eigenvalue weighted by atomic mass is 32.1. The van der Waals surface area contributed by atoms with Crippen LogP contribution in [0.15, 0.2) is 158 Å². The highest BCUT2D eigenvalue weighted by molar-refractivity contribution is 7.26. The number of nitrogens with zero attached hydrogens (tertiary/aromatic N) is 2. The maximum Gasteiger partial charge on any atom is 0.333 e. The van der Waals surface area contributed by atoms with Crippen LogP contribution in [0.4, 0.5) is 28.4 Å². The second-order valence-corrected chi connectivity index (χ2v) is 24.5. The molecule has 0 radical (unpaired) electrons. The van der Waals surface area contributed by atoms with Crippen LogP contribution < -0.4 is 20.6 Å². The van der Waals surface area contributed by atoms with Crippen LogP contribution in [0.3, 0.4) is 0 Å². The summed E-state index contributed by atoms with van der Waals surface area (Å²) in [7, 11) is 0. The molecule has 2 aliphatic carbocycles. The molecule has 4 aliphatic rings. The molecule has 340 valence electrons. The lowest BCUT2D eigenvalue weighted by atomic mass is 9.43. The van der Waals surface area contributed by atoms with Gasteiger partial charge in [0.2, 0.25) is 0 Å². The van der Waals surface area contributed by atoms with Gasteiger partial charge in [-0.05, 0) is 169 Å². The van der Waals surface area contributed by atoms with E-state index >= 15 is 0 Å². The van der Waals surface area contributed by atoms with Gasteiger partial charge in [-0.25, -0.2) is 0 Å². The number of anilines is 5. The predicted molar refractivity (Wildman–Crippen MR) is 299 cm³/mol. The lowest BCUT2D eigenvalue weighted by Gasteiger charge is -2.49. The average Bonchev–Trinajstić information content (AvgIpc) is 3.73. The molecular formula is C65H61BN2S. The predicted octanol–water partition coefficient (Wildman–Crippen LogP) is 17.1. The number of thiophene rings is 1. The summed E-state index contributed by atoms with van der Waals surface area (Å²) in [5.41, 5.74) is 24.3. The summed E-state index contributed by atoms with van der Waals surface area (Å²) in [6, 6.07) is 61.0. The first-order valence-corrected chi connectivity index (χ1v) is 26.2. The molecule has 0 spiro atoms. The Morgan fingerprint density at radius 2 is 0.971 bits per heavy atom. The fourth-order valence-electron chi connectivity index (χ4n) is 13.0. The Bertz CT molecular complexity index is 3580. The molecule has 0 fully saturated rings. The van der Waals surface area contributed by atoms with Crippen LogP contribution in [0.5, 0.6) is 0 Å². The monoisotopic (exact) mass is 912 g/mol.